The third-order valence-corrected chi connectivity index (χ3v) is 2.74. The maximum absolute atomic E-state index is 11.1. The minimum Gasteiger partial charge on any atom is -0.464 e. The number of aryl methyl sites for hydroxylation is 1. The van der Waals surface area contributed by atoms with Crippen molar-refractivity contribution in [1.82, 2.24) is 9.38 Å². The Labute approximate surface area is 78.8 Å². The Morgan fingerprint density at radius 1 is 1.69 bits per heavy atom. The minimum atomic E-state index is -0.393. The average molecular weight is 196 g/mol. The Bertz CT molecular complexity index is 458. The van der Waals surface area contributed by atoms with E-state index in [1.165, 1.54) is 18.4 Å². The number of carbonyl (C=O) groups excluding carboxylic acids is 1. The second-order valence-corrected chi connectivity index (χ2v) is 3.48. The normalized spacial score (nSPS) is 10.6. The molecule has 0 aliphatic heterocycles. The first-order valence-electron chi connectivity index (χ1n) is 3.74. The molecule has 0 spiro atoms. The number of thiazole rings is 1. The number of ether oxygens (including phenoxy) is 1. The zero-order valence-electron chi connectivity index (χ0n) is 7.27. The summed E-state index contributed by atoms with van der Waals surface area (Å²) < 4.78 is 6.44. The molecule has 0 saturated carbocycles. The predicted octanol–water partition coefficient (Wildman–Crippen LogP) is 1.49. The molecule has 0 saturated heterocycles. The van der Waals surface area contributed by atoms with Crippen molar-refractivity contribution in [2.75, 3.05) is 7.11 Å². The lowest BCUT2D eigenvalue weighted by Gasteiger charge is -1.90. The van der Waals surface area contributed by atoms with Crippen LogP contribution in [0.3, 0.4) is 0 Å². The molecule has 2 aromatic rings. The molecule has 0 amide bonds. The lowest BCUT2D eigenvalue weighted by molar-refractivity contribution is 0.0595. The zero-order chi connectivity index (χ0) is 9.42. The molecule has 4 nitrogen and oxygen atoms in total. The number of carbonyl (C=O) groups is 1. The van der Waals surface area contributed by atoms with Crippen molar-refractivity contribution >= 4 is 22.3 Å². The molecule has 2 aromatic heterocycles. The van der Waals surface area contributed by atoms with E-state index in [0.29, 0.717) is 5.69 Å². The fourth-order valence-electron chi connectivity index (χ4n) is 1.10. The van der Waals surface area contributed by atoms with Gasteiger partial charge in [0.1, 0.15) is 0 Å². The Morgan fingerprint density at radius 3 is 3.08 bits per heavy atom. The molecule has 2 heterocycles. The van der Waals surface area contributed by atoms with Crippen LogP contribution in [-0.2, 0) is 4.74 Å². The van der Waals surface area contributed by atoms with Gasteiger partial charge in [0.2, 0.25) is 0 Å². The Morgan fingerprint density at radius 2 is 2.46 bits per heavy atom. The van der Waals surface area contributed by atoms with E-state index in [1.807, 2.05) is 16.7 Å². The van der Waals surface area contributed by atoms with Crippen LogP contribution in [0.1, 0.15) is 16.2 Å². The first kappa shape index (κ1) is 8.25. The van der Waals surface area contributed by atoms with Crippen molar-refractivity contribution in [2.45, 2.75) is 6.92 Å². The molecule has 0 atom stereocenters. The van der Waals surface area contributed by atoms with Gasteiger partial charge in [-0.25, -0.2) is 9.78 Å². The van der Waals surface area contributed by atoms with Gasteiger partial charge in [-0.15, -0.1) is 11.3 Å². The van der Waals surface area contributed by atoms with Crippen LogP contribution in [0, 0.1) is 6.92 Å². The monoisotopic (exact) mass is 196 g/mol. The smallest absolute Gasteiger partial charge is 0.358 e. The Balaban J connectivity index is 2.56. The standard InChI is InChI=1S/C8H8N2O2S/c1-5-4-13-8-9-6(3-10(5)8)7(11)12-2/h3-4H,1-2H3. The van der Waals surface area contributed by atoms with Gasteiger partial charge >= 0.3 is 5.97 Å². The molecule has 0 fully saturated rings. The van der Waals surface area contributed by atoms with Crippen LogP contribution in [0.5, 0.6) is 0 Å². The molecule has 0 unspecified atom stereocenters. The number of rotatable bonds is 1. The summed E-state index contributed by atoms with van der Waals surface area (Å²) in [7, 11) is 1.35. The third-order valence-electron chi connectivity index (χ3n) is 1.78. The number of imidazole rings is 1. The summed E-state index contributed by atoms with van der Waals surface area (Å²) in [6, 6.07) is 0. The lowest BCUT2D eigenvalue weighted by Crippen LogP contribution is -2.00. The number of aromatic nitrogens is 2. The van der Waals surface area contributed by atoms with Crippen LogP contribution in [-0.4, -0.2) is 22.5 Å². The van der Waals surface area contributed by atoms with Crippen LogP contribution in [0.2, 0.25) is 0 Å². The Kier molecular flexibility index (Phi) is 1.81. The van der Waals surface area contributed by atoms with E-state index in [9.17, 15) is 4.79 Å². The first-order valence-corrected chi connectivity index (χ1v) is 4.62. The van der Waals surface area contributed by atoms with Gasteiger partial charge in [0.05, 0.1) is 7.11 Å². The summed E-state index contributed by atoms with van der Waals surface area (Å²) in [6.45, 7) is 1.96. The van der Waals surface area contributed by atoms with Gasteiger partial charge in [-0.3, -0.25) is 4.40 Å². The summed E-state index contributed by atoms with van der Waals surface area (Å²) in [4.78, 5) is 16.0. The van der Waals surface area contributed by atoms with E-state index in [-0.39, 0.29) is 0 Å². The van der Waals surface area contributed by atoms with Crippen molar-refractivity contribution in [3.8, 4) is 0 Å². The lowest BCUT2D eigenvalue weighted by atomic mass is 10.5. The van der Waals surface area contributed by atoms with Crippen molar-refractivity contribution in [1.29, 1.82) is 0 Å². The summed E-state index contributed by atoms with van der Waals surface area (Å²) in [5, 5.41) is 1.99. The third kappa shape index (κ3) is 1.21. The largest absolute Gasteiger partial charge is 0.464 e. The van der Waals surface area contributed by atoms with E-state index in [2.05, 4.69) is 9.72 Å². The van der Waals surface area contributed by atoms with E-state index < -0.39 is 5.97 Å². The highest BCUT2D eigenvalue weighted by molar-refractivity contribution is 7.15. The molecule has 5 heteroatoms. The molecule has 68 valence electrons. The second-order valence-electron chi connectivity index (χ2n) is 2.65. The van der Waals surface area contributed by atoms with Gasteiger partial charge in [0.25, 0.3) is 0 Å². The molecule has 0 bridgehead atoms. The van der Waals surface area contributed by atoms with Crippen LogP contribution < -0.4 is 0 Å². The molecular formula is C8H8N2O2S. The number of fused-ring (bicyclic) bond motifs is 1. The molecule has 0 aromatic carbocycles. The highest BCUT2D eigenvalue weighted by Gasteiger charge is 2.12. The molecule has 0 aliphatic rings. The fourth-order valence-corrected chi connectivity index (χ4v) is 1.95. The first-order chi connectivity index (χ1) is 6.22. The summed E-state index contributed by atoms with van der Waals surface area (Å²) in [6.07, 6.45) is 1.69. The van der Waals surface area contributed by atoms with Gasteiger partial charge in [-0.2, -0.15) is 0 Å². The quantitative estimate of drug-likeness (QED) is 0.649. The van der Waals surface area contributed by atoms with Crippen molar-refractivity contribution in [2.24, 2.45) is 0 Å². The summed E-state index contributed by atoms with van der Waals surface area (Å²) in [5.74, 6) is -0.393. The van der Waals surface area contributed by atoms with Gasteiger partial charge < -0.3 is 4.74 Å². The zero-order valence-corrected chi connectivity index (χ0v) is 8.09. The van der Waals surface area contributed by atoms with Crippen molar-refractivity contribution in [3.05, 3.63) is 23.0 Å². The fraction of sp³-hybridized carbons (Fsp3) is 0.250. The van der Waals surface area contributed by atoms with Gasteiger partial charge in [0.15, 0.2) is 10.7 Å². The van der Waals surface area contributed by atoms with Gasteiger partial charge in [-0.05, 0) is 6.92 Å². The minimum absolute atomic E-state index is 0.359. The van der Waals surface area contributed by atoms with Gasteiger partial charge in [-0.1, -0.05) is 0 Å². The molecule has 2 rings (SSSR count). The average Bonchev–Trinajstić information content (AvgIpc) is 2.67. The molecular weight excluding hydrogens is 188 g/mol. The molecule has 0 N–H and O–H groups in total. The maximum atomic E-state index is 11.1. The Hall–Kier alpha value is -1.36. The molecule has 0 aliphatic carbocycles. The van der Waals surface area contributed by atoms with Crippen molar-refractivity contribution in [3.63, 3.8) is 0 Å². The van der Waals surface area contributed by atoms with Gasteiger partial charge in [0, 0.05) is 17.3 Å². The van der Waals surface area contributed by atoms with E-state index >= 15 is 0 Å². The van der Waals surface area contributed by atoms with Crippen LogP contribution in [0.15, 0.2) is 11.6 Å². The topological polar surface area (TPSA) is 43.6 Å². The maximum Gasteiger partial charge on any atom is 0.358 e. The number of esters is 1. The van der Waals surface area contributed by atoms with E-state index in [0.717, 1.165) is 10.7 Å². The number of hydrogen-bond donors (Lipinski definition) is 0. The summed E-state index contributed by atoms with van der Waals surface area (Å²) in [5.41, 5.74) is 1.43. The van der Waals surface area contributed by atoms with Crippen LogP contribution >= 0.6 is 11.3 Å². The van der Waals surface area contributed by atoms with Crippen molar-refractivity contribution < 1.29 is 9.53 Å². The SMILES string of the molecule is COC(=O)c1cn2c(C)csc2n1. The number of hydrogen-bond acceptors (Lipinski definition) is 4. The van der Waals surface area contributed by atoms with E-state index in [4.69, 9.17) is 0 Å². The highest BCUT2D eigenvalue weighted by Crippen LogP contribution is 2.15. The molecule has 0 radical (unpaired) electrons. The van der Waals surface area contributed by atoms with Crippen LogP contribution in [0.4, 0.5) is 0 Å². The van der Waals surface area contributed by atoms with E-state index in [1.54, 1.807) is 6.20 Å². The second kappa shape index (κ2) is 2.85. The highest BCUT2D eigenvalue weighted by atomic mass is 32.1. The van der Waals surface area contributed by atoms with Crippen LogP contribution in [0.25, 0.3) is 4.96 Å². The molecule has 13 heavy (non-hydrogen) atoms. The predicted molar refractivity (Wildman–Crippen MR) is 49.1 cm³/mol. The summed E-state index contributed by atoms with van der Waals surface area (Å²) >= 11 is 1.51. The number of methoxy groups -OCH3 is 1. The number of nitrogens with zero attached hydrogens (tertiary/aromatic N) is 2.